The average molecular weight is 423 g/mol. The number of nitrogens with zero attached hydrogens (tertiary/aromatic N) is 2. The SMILES string of the molecule is Cc1cc(C)c2c(c1)CC(=N/OCC(=O)N1CC=CC1)/C=C/CC/C=C/CCOC2=O. The van der Waals surface area contributed by atoms with E-state index in [-0.39, 0.29) is 18.5 Å². The molecule has 1 amide bonds. The highest BCUT2D eigenvalue weighted by Gasteiger charge is 2.18. The predicted octanol–water partition coefficient (Wildman–Crippen LogP) is 4.07. The maximum atomic E-state index is 12.8. The number of ether oxygens (including phenoxy) is 1. The molecule has 2 heterocycles. The Hall–Kier alpha value is -3.15. The number of rotatable bonds is 3. The normalized spacial score (nSPS) is 20.6. The first-order valence-electron chi connectivity index (χ1n) is 10.7. The van der Waals surface area contributed by atoms with Crippen LogP contribution in [0.25, 0.3) is 0 Å². The molecule has 0 saturated carbocycles. The van der Waals surface area contributed by atoms with Gasteiger partial charge in [-0.15, -0.1) is 0 Å². The van der Waals surface area contributed by atoms with Crippen molar-refractivity contribution in [1.82, 2.24) is 4.90 Å². The molecule has 1 aromatic rings. The van der Waals surface area contributed by atoms with E-state index in [1.807, 2.05) is 56.4 Å². The molecule has 0 atom stereocenters. The first-order chi connectivity index (χ1) is 15.0. The van der Waals surface area contributed by atoms with Gasteiger partial charge in [0.1, 0.15) is 0 Å². The lowest BCUT2D eigenvalue weighted by Gasteiger charge is -2.15. The third-order valence-corrected chi connectivity index (χ3v) is 5.17. The van der Waals surface area contributed by atoms with Gasteiger partial charge in [-0.3, -0.25) is 4.79 Å². The van der Waals surface area contributed by atoms with Crippen molar-refractivity contribution in [1.29, 1.82) is 0 Å². The van der Waals surface area contributed by atoms with Crippen LogP contribution in [0.2, 0.25) is 0 Å². The Labute approximate surface area is 183 Å². The van der Waals surface area contributed by atoms with Crippen LogP contribution in [0.1, 0.15) is 46.3 Å². The quantitative estimate of drug-likeness (QED) is 0.418. The molecule has 164 valence electrons. The molecule has 0 N–H and O–H groups in total. The fraction of sp³-hybridized carbons (Fsp3) is 0.400. The number of fused-ring (bicyclic) bond motifs is 1. The van der Waals surface area contributed by atoms with E-state index in [9.17, 15) is 9.59 Å². The van der Waals surface area contributed by atoms with Crippen molar-refractivity contribution in [3.63, 3.8) is 0 Å². The molecule has 1 aromatic carbocycles. The highest BCUT2D eigenvalue weighted by molar-refractivity contribution is 6.00. The van der Waals surface area contributed by atoms with Crippen molar-refractivity contribution in [2.75, 3.05) is 26.3 Å². The van der Waals surface area contributed by atoms with E-state index in [1.165, 1.54) is 0 Å². The fourth-order valence-corrected chi connectivity index (χ4v) is 3.69. The molecule has 6 heteroatoms. The standard InChI is InChI=1S/C25H30N2O4/c1-19-15-20(2)24-21(16-19)17-22(26-31-18-23(28)27-12-8-9-13-27)11-7-5-3-4-6-10-14-30-25(24)29/h4,6-9,11,15-16H,3,5,10,12-14,17-18H2,1-2H3/b6-4+,11-7+,26-22+. The minimum absolute atomic E-state index is 0.0972. The van der Waals surface area contributed by atoms with E-state index < -0.39 is 0 Å². The Morgan fingerprint density at radius 3 is 2.61 bits per heavy atom. The van der Waals surface area contributed by atoms with Gasteiger partial charge in [0, 0.05) is 19.5 Å². The molecule has 31 heavy (non-hydrogen) atoms. The van der Waals surface area contributed by atoms with Crippen molar-refractivity contribution in [2.24, 2.45) is 5.16 Å². The molecular weight excluding hydrogens is 392 g/mol. The van der Waals surface area contributed by atoms with Crippen molar-refractivity contribution >= 4 is 17.6 Å². The molecule has 3 rings (SSSR count). The number of cyclic esters (lactones) is 1. The van der Waals surface area contributed by atoms with Crippen LogP contribution in [-0.4, -0.2) is 48.8 Å². The van der Waals surface area contributed by atoms with Crippen LogP contribution in [0, 0.1) is 13.8 Å². The highest BCUT2D eigenvalue weighted by atomic mass is 16.6. The number of carbonyl (C=O) groups excluding carboxylic acids is 2. The fourth-order valence-electron chi connectivity index (χ4n) is 3.69. The number of allylic oxidation sites excluding steroid dienone is 3. The molecule has 0 aliphatic carbocycles. The smallest absolute Gasteiger partial charge is 0.338 e. The van der Waals surface area contributed by atoms with Crippen LogP contribution in [0.3, 0.4) is 0 Å². The van der Waals surface area contributed by atoms with Gasteiger partial charge in [-0.2, -0.15) is 0 Å². The molecule has 6 nitrogen and oxygen atoms in total. The zero-order valence-electron chi connectivity index (χ0n) is 18.3. The second kappa shape index (κ2) is 11.3. The summed E-state index contributed by atoms with van der Waals surface area (Å²) in [4.78, 5) is 32.1. The summed E-state index contributed by atoms with van der Waals surface area (Å²) in [6.07, 6.45) is 14.9. The summed E-state index contributed by atoms with van der Waals surface area (Å²) < 4.78 is 5.50. The number of hydrogen-bond acceptors (Lipinski definition) is 5. The van der Waals surface area contributed by atoms with E-state index in [4.69, 9.17) is 9.57 Å². The zero-order valence-corrected chi connectivity index (χ0v) is 18.3. The number of hydrogen-bond donors (Lipinski definition) is 0. The second-order valence-electron chi connectivity index (χ2n) is 7.79. The van der Waals surface area contributed by atoms with Crippen molar-refractivity contribution < 1.29 is 19.2 Å². The summed E-state index contributed by atoms with van der Waals surface area (Å²) >= 11 is 0. The minimum atomic E-state index is -0.320. The molecule has 2 aliphatic rings. The molecule has 0 aromatic heterocycles. The van der Waals surface area contributed by atoms with Crippen LogP contribution < -0.4 is 0 Å². The number of esters is 1. The lowest BCUT2D eigenvalue weighted by atomic mass is 9.95. The van der Waals surface area contributed by atoms with E-state index in [1.54, 1.807) is 4.90 Å². The first-order valence-corrected chi connectivity index (χ1v) is 10.7. The Bertz CT molecular complexity index is 920. The third kappa shape index (κ3) is 6.67. The molecule has 0 radical (unpaired) electrons. The highest BCUT2D eigenvalue weighted by Crippen LogP contribution is 2.20. The van der Waals surface area contributed by atoms with Crippen LogP contribution >= 0.6 is 0 Å². The van der Waals surface area contributed by atoms with E-state index in [2.05, 4.69) is 11.2 Å². The monoisotopic (exact) mass is 422 g/mol. The number of oxime groups is 1. The van der Waals surface area contributed by atoms with Crippen LogP contribution in [-0.2, 0) is 20.8 Å². The Balaban J connectivity index is 1.82. The van der Waals surface area contributed by atoms with Crippen LogP contribution in [0.15, 0.2) is 53.7 Å². The van der Waals surface area contributed by atoms with E-state index in [0.717, 1.165) is 29.5 Å². The maximum Gasteiger partial charge on any atom is 0.338 e. The third-order valence-electron chi connectivity index (χ3n) is 5.17. The van der Waals surface area contributed by atoms with Gasteiger partial charge in [0.25, 0.3) is 5.91 Å². The minimum Gasteiger partial charge on any atom is -0.462 e. The topological polar surface area (TPSA) is 68.2 Å². The van der Waals surface area contributed by atoms with Crippen LogP contribution in [0.4, 0.5) is 0 Å². The summed E-state index contributed by atoms with van der Waals surface area (Å²) in [7, 11) is 0. The molecule has 0 saturated heterocycles. The zero-order chi connectivity index (χ0) is 22.1. The molecule has 0 spiro atoms. The molecular formula is C25H30N2O4. The van der Waals surface area contributed by atoms with Crippen molar-refractivity contribution in [2.45, 2.75) is 39.5 Å². The first kappa shape index (κ1) is 22.5. The van der Waals surface area contributed by atoms with Gasteiger partial charge in [0.15, 0.2) is 6.61 Å². The Morgan fingerprint density at radius 2 is 1.81 bits per heavy atom. The van der Waals surface area contributed by atoms with Gasteiger partial charge in [-0.05, 0) is 50.3 Å². The number of carbonyl (C=O) groups is 2. The van der Waals surface area contributed by atoms with Crippen molar-refractivity contribution in [3.8, 4) is 0 Å². The summed E-state index contributed by atoms with van der Waals surface area (Å²) in [6.45, 7) is 5.39. The predicted molar refractivity (Wildman–Crippen MR) is 121 cm³/mol. The molecule has 0 bridgehead atoms. The Morgan fingerprint density at radius 1 is 1.06 bits per heavy atom. The summed E-state index contributed by atoms with van der Waals surface area (Å²) in [5.74, 6) is -0.418. The summed E-state index contributed by atoms with van der Waals surface area (Å²) in [5.41, 5.74) is 4.02. The maximum absolute atomic E-state index is 12.8. The number of amides is 1. The lowest BCUT2D eigenvalue weighted by Crippen LogP contribution is -2.31. The van der Waals surface area contributed by atoms with Gasteiger partial charge in [0.2, 0.25) is 0 Å². The number of aryl methyl sites for hydroxylation is 2. The van der Waals surface area contributed by atoms with Gasteiger partial charge in [0.05, 0.1) is 17.9 Å². The second-order valence-corrected chi connectivity index (χ2v) is 7.79. The molecule has 0 unspecified atom stereocenters. The van der Waals surface area contributed by atoms with Crippen molar-refractivity contribution in [3.05, 3.63) is 70.8 Å². The largest absolute Gasteiger partial charge is 0.462 e. The van der Waals surface area contributed by atoms with Gasteiger partial charge < -0.3 is 14.5 Å². The summed E-state index contributed by atoms with van der Waals surface area (Å²) in [5, 5.41) is 4.24. The molecule has 2 aliphatic heterocycles. The number of benzene rings is 1. The van der Waals surface area contributed by atoms with Gasteiger partial charge in [-0.25, -0.2) is 4.79 Å². The van der Waals surface area contributed by atoms with Gasteiger partial charge >= 0.3 is 5.97 Å². The van der Waals surface area contributed by atoms with E-state index in [0.29, 0.717) is 43.8 Å². The Kier molecular flexibility index (Phi) is 8.21. The van der Waals surface area contributed by atoms with E-state index >= 15 is 0 Å². The lowest BCUT2D eigenvalue weighted by molar-refractivity contribution is -0.134. The molecule has 0 fully saturated rings. The van der Waals surface area contributed by atoms with Gasteiger partial charge in [-0.1, -0.05) is 53.2 Å². The summed E-state index contributed by atoms with van der Waals surface area (Å²) in [6, 6.07) is 3.97. The average Bonchev–Trinajstić information content (AvgIpc) is 3.26. The van der Waals surface area contributed by atoms with Crippen LogP contribution in [0.5, 0.6) is 0 Å².